The van der Waals surface area contributed by atoms with Crippen LogP contribution in [0.3, 0.4) is 0 Å². The van der Waals surface area contributed by atoms with Crippen molar-refractivity contribution in [1.82, 2.24) is 0 Å². The number of quaternary nitrogens is 1. The van der Waals surface area contributed by atoms with Crippen LogP contribution in [0.2, 0.25) is 0 Å². The number of aryl methyl sites for hydroxylation is 1. The molecule has 0 radical (unpaired) electrons. The van der Waals surface area contributed by atoms with Crippen molar-refractivity contribution in [2.24, 2.45) is 0 Å². The fourth-order valence-corrected chi connectivity index (χ4v) is 3.09. The highest BCUT2D eigenvalue weighted by molar-refractivity contribution is 5.14. The molecule has 0 amide bonds. The van der Waals surface area contributed by atoms with Crippen molar-refractivity contribution in [2.45, 2.75) is 77.4 Å². The van der Waals surface area contributed by atoms with Crippen LogP contribution in [0.25, 0.3) is 0 Å². The summed E-state index contributed by atoms with van der Waals surface area (Å²) < 4.78 is 0.725. The Kier molecular flexibility index (Phi) is 13.6. The summed E-state index contributed by atoms with van der Waals surface area (Å²) in [7, 11) is 4.33. The highest BCUT2D eigenvalue weighted by Gasteiger charge is 2.24. The number of hydrogen-bond acceptors (Lipinski definition) is 1. The number of nitrogens with zero attached hydrogens (tertiary/aromatic N) is 1. The van der Waals surface area contributed by atoms with E-state index in [0.29, 0.717) is 0 Å². The third-order valence-electron chi connectivity index (χ3n) is 4.93. The van der Waals surface area contributed by atoms with Crippen LogP contribution >= 0.6 is 0 Å². The Morgan fingerprint density at radius 3 is 2.00 bits per heavy atom. The van der Waals surface area contributed by atoms with E-state index in [1.807, 2.05) is 6.07 Å². The fraction of sp³-hybridized carbons (Fsp3) is 0.714. The number of halogens is 1. The van der Waals surface area contributed by atoms with Gasteiger partial charge in [0.1, 0.15) is 0 Å². The highest BCUT2D eigenvalue weighted by Crippen LogP contribution is 2.15. The summed E-state index contributed by atoms with van der Waals surface area (Å²) in [5.74, 6) is 0. The topological polar surface area (TPSA) is 20.2 Å². The van der Waals surface area contributed by atoms with Gasteiger partial charge in [-0.1, -0.05) is 75.8 Å². The van der Waals surface area contributed by atoms with Gasteiger partial charge < -0.3 is 26.6 Å². The van der Waals surface area contributed by atoms with Crippen molar-refractivity contribution in [2.75, 3.05) is 20.6 Å². The normalized spacial score (nSPS) is 12.7. The van der Waals surface area contributed by atoms with Gasteiger partial charge in [0.15, 0.2) is 6.23 Å². The lowest BCUT2D eigenvalue weighted by atomic mass is 10.1. The van der Waals surface area contributed by atoms with Crippen LogP contribution in [0.15, 0.2) is 30.3 Å². The second-order valence-electron chi connectivity index (χ2n) is 7.48. The van der Waals surface area contributed by atoms with Gasteiger partial charge >= 0.3 is 0 Å². The monoisotopic (exact) mass is 399 g/mol. The van der Waals surface area contributed by atoms with E-state index < -0.39 is 0 Å². The molecule has 3 heteroatoms. The molecule has 0 saturated heterocycles. The Bertz CT molecular complexity index is 394. The summed E-state index contributed by atoms with van der Waals surface area (Å²) in [4.78, 5) is 0. The van der Waals surface area contributed by atoms with Crippen molar-refractivity contribution in [3.8, 4) is 0 Å². The van der Waals surface area contributed by atoms with Gasteiger partial charge in [0, 0.05) is 6.42 Å². The number of rotatable bonds is 13. The van der Waals surface area contributed by atoms with Gasteiger partial charge in [0.25, 0.3) is 0 Å². The van der Waals surface area contributed by atoms with Gasteiger partial charge in [-0.2, -0.15) is 0 Å². The van der Waals surface area contributed by atoms with Crippen LogP contribution in [-0.4, -0.2) is 36.5 Å². The fourth-order valence-electron chi connectivity index (χ4n) is 3.09. The van der Waals surface area contributed by atoms with E-state index in [-0.39, 0.29) is 23.2 Å². The molecule has 24 heavy (non-hydrogen) atoms. The zero-order valence-corrected chi connectivity index (χ0v) is 17.6. The molecule has 0 saturated carbocycles. The minimum Gasteiger partial charge on any atom is -1.00 e. The van der Waals surface area contributed by atoms with E-state index in [1.165, 1.54) is 56.9 Å². The first-order chi connectivity index (χ1) is 11.1. The Morgan fingerprint density at radius 1 is 0.875 bits per heavy atom. The van der Waals surface area contributed by atoms with Crippen molar-refractivity contribution in [3.63, 3.8) is 0 Å². The highest BCUT2D eigenvalue weighted by atomic mass is 79.9. The number of aliphatic hydroxyl groups excluding tert-OH is 1. The molecule has 140 valence electrons. The lowest BCUT2D eigenvalue weighted by molar-refractivity contribution is -0.937. The molecule has 0 aliphatic carbocycles. The average Bonchev–Trinajstić information content (AvgIpc) is 2.56. The maximum atomic E-state index is 10.5. The number of hydrogen-bond donors (Lipinski definition) is 1. The predicted molar refractivity (Wildman–Crippen MR) is 100 cm³/mol. The van der Waals surface area contributed by atoms with Gasteiger partial charge in [-0.05, 0) is 24.8 Å². The van der Waals surface area contributed by atoms with Gasteiger partial charge in [-0.3, -0.25) is 0 Å². The largest absolute Gasteiger partial charge is 1.00 e. The van der Waals surface area contributed by atoms with Crippen LogP contribution in [0.1, 0.15) is 70.3 Å². The van der Waals surface area contributed by atoms with E-state index in [0.717, 1.165) is 23.9 Å². The van der Waals surface area contributed by atoms with Crippen LogP contribution in [-0.2, 0) is 6.42 Å². The second kappa shape index (κ2) is 13.9. The molecule has 1 aromatic rings. The molecule has 0 fully saturated rings. The number of unbranched alkanes of at least 4 members (excludes halogenated alkanes) is 7. The van der Waals surface area contributed by atoms with Crippen molar-refractivity contribution in [3.05, 3.63) is 35.9 Å². The summed E-state index contributed by atoms with van der Waals surface area (Å²) in [6.45, 7) is 3.34. The van der Waals surface area contributed by atoms with E-state index >= 15 is 0 Å². The molecule has 0 unspecified atom stereocenters. The molecule has 0 spiro atoms. The molecule has 1 aromatic carbocycles. The zero-order valence-electron chi connectivity index (χ0n) is 16.0. The summed E-state index contributed by atoms with van der Waals surface area (Å²) in [6, 6.07) is 10.5. The zero-order chi connectivity index (χ0) is 17.0. The maximum Gasteiger partial charge on any atom is 0.190 e. The number of benzene rings is 1. The van der Waals surface area contributed by atoms with Crippen molar-refractivity contribution >= 4 is 0 Å². The van der Waals surface area contributed by atoms with Crippen molar-refractivity contribution in [1.29, 1.82) is 0 Å². The third kappa shape index (κ3) is 10.5. The molecule has 0 aliphatic heterocycles. The molecule has 1 N–H and O–H groups in total. The Balaban J connectivity index is 0.00000529. The van der Waals surface area contributed by atoms with E-state index in [9.17, 15) is 5.11 Å². The first-order valence-corrected chi connectivity index (χ1v) is 9.61. The smallest absolute Gasteiger partial charge is 0.190 e. The van der Waals surface area contributed by atoms with Crippen LogP contribution < -0.4 is 17.0 Å². The van der Waals surface area contributed by atoms with Crippen LogP contribution in [0.4, 0.5) is 0 Å². The first kappa shape index (κ1) is 23.6. The lowest BCUT2D eigenvalue weighted by Crippen LogP contribution is -3.00. The average molecular weight is 400 g/mol. The molecule has 0 aliphatic rings. The molecule has 1 rings (SSSR count). The van der Waals surface area contributed by atoms with Gasteiger partial charge in [-0.25, -0.2) is 0 Å². The van der Waals surface area contributed by atoms with E-state index in [4.69, 9.17) is 0 Å². The molecule has 2 nitrogen and oxygen atoms in total. The molecule has 0 aromatic heterocycles. The number of aliphatic hydroxyl groups is 1. The van der Waals surface area contributed by atoms with Crippen LogP contribution in [0.5, 0.6) is 0 Å². The second-order valence-corrected chi connectivity index (χ2v) is 7.48. The summed E-state index contributed by atoms with van der Waals surface area (Å²) >= 11 is 0. The van der Waals surface area contributed by atoms with E-state index in [2.05, 4.69) is 45.3 Å². The standard InChI is InChI=1S/C21H38NO.BrH/c1-4-5-6-7-8-9-10-14-19-22(2,3)21(23)18-17-20-15-12-11-13-16-20;/h11-13,15-16,21,23H,4-10,14,17-19H2,1-3H3;1H/q+1;/p-1/t21-;/m0./s1. The predicted octanol–water partition coefficient (Wildman–Crippen LogP) is 2.16. The lowest BCUT2D eigenvalue weighted by Gasteiger charge is -2.35. The Morgan fingerprint density at radius 2 is 1.42 bits per heavy atom. The summed E-state index contributed by atoms with van der Waals surface area (Å²) in [5.41, 5.74) is 1.32. The minimum absolute atomic E-state index is 0. The molecule has 0 bridgehead atoms. The van der Waals surface area contributed by atoms with Gasteiger partial charge in [0.05, 0.1) is 20.6 Å². The van der Waals surface area contributed by atoms with Crippen molar-refractivity contribution < 1.29 is 26.6 Å². The van der Waals surface area contributed by atoms with Gasteiger partial charge in [-0.15, -0.1) is 0 Å². The third-order valence-corrected chi connectivity index (χ3v) is 4.93. The van der Waals surface area contributed by atoms with Gasteiger partial charge in [0.2, 0.25) is 0 Å². The summed E-state index contributed by atoms with van der Waals surface area (Å²) in [6.07, 6.45) is 12.3. The SMILES string of the molecule is CCCCCCCCCC[N+](C)(C)[C@@H](O)CCc1ccccc1.[Br-]. The minimum atomic E-state index is -0.264. The van der Waals surface area contributed by atoms with Crippen LogP contribution in [0, 0.1) is 0 Å². The first-order valence-electron chi connectivity index (χ1n) is 9.61. The Hall–Kier alpha value is -0.380. The van der Waals surface area contributed by atoms with E-state index in [1.54, 1.807) is 0 Å². The molecular weight excluding hydrogens is 362 g/mol. The summed E-state index contributed by atoms with van der Waals surface area (Å²) in [5, 5.41) is 10.5. The quantitative estimate of drug-likeness (QED) is 0.306. The molecule has 0 heterocycles. The Labute approximate surface area is 160 Å². The maximum absolute atomic E-state index is 10.5. The molecular formula is C21H38BrNO. The molecule has 1 atom stereocenters.